The lowest BCUT2D eigenvalue weighted by atomic mass is 9.96. The number of hydrogen-bond donors (Lipinski definition) is 2. The molecule has 8 nitrogen and oxygen atoms in total. The van der Waals surface area contributed by atoms with Crippen LogP contribution in [0.1, 0.15) is 17.2 Å². The van der Waals surface area contributed by atoms with Crippen molar-refractivity contribution in [3.8, 4) is 5.75 Å². The summed E-state index contributed by atoms with van der Waals surface area (Å²) in [6, 6.07) is 17.2. The molecule has 4 rings (SSSR count). The summed E-state index contributed by atoms with van der Waals surface area (Å²) >= 11 is 0. The maximum absolute atomic E-state index is 13.0. The van der Waals surface area contributed by atoms with E-state index in [1.807, 2.05) is 0 Å². The molecule has 1 atom stereocenters. The van der Waals surface area contributed by atoms with Crippen LogP contribution in [0.4, 0.5) is 5.69 Å². The number of ketones is 1. The Morgan fingerprint density at radius 2 is 1.69 bits per heavy atom. The molecule has 0 bridgehead atoms. The molecule has 0 aliphatic carbocycles. The first kappa shape index (κ1) is 20.8. The van der Waals surface area contributed by atoms with Gasteiger partial charge in [-0.3, -0.25) is 19.5 Å². The molecule has 1 amide bonds. The number of aliphatic hydroxyl groups is 1. The summed E-state index contributed by atoms with van der Waals surface area (Å²) in [5.74, 6) is -2.70. The summed E-state index contributed by atoms with van der Waals surface area (Å²) in [4.78, 5) is 42.1. The second-order valence-corrected chi connectivity index (χ2v) is 7.00. The van der Waals surface area contributed by atoms with Gasteiger partial charge in [0.2, 0.25) is 0 Å². The third-order valence-electron chi connectivity index (χ3n) is 4.97. The van der Waals surface area contributed by atoms with Crippen LogP contribution in [0.2, 0.25) is 0 Å². The van der Waals surface area contributed by atoms with Crippen LogP contribution in [0.5, 0.6) is 5.75 Å². The van der Waals surface area contributed by atoms with E-state index in [9.17, 15) is 19.5 Å². The van der Waals surface area contributed by atoms with Crippen LogP contribution >= 0.6 is 0 Å². The van der Waals surface area contributed by atoms with E-state index in [1.165, 1.54) is 23.2 Å². The Morgan fingerprint density at radius 1 is 0.969 bits per heavy atom. The first-order chi connectivity index (χ1) is 15.5. The quantitative estimate of drug-likeness (QED) is 0.350. The van der Waals surface area contributed by atoms with Gasteiger partial charge in [-0.25, -0.2) is 4.79 Å². The maximum Gasteiger partial charge on any atom is 0.341 e. The molecule has 1 aliphatic heterocycles. The summed E-state index contributed by atoms with van der Waals surface area (Å²) in [6.45, 7) is -0.503. The highest BCUT2D eigenvalue weighted by Gasteiger charge is 2.47. The number of anilines is 1. The minimum atomic E-state index is -1.11. The number of aliphatic carboxylic acids is 1. The Bertz CT molecular complexity index is 1190. The number of carboxylic acid groups (broad SMARTS) is 1. The molecule has 1 aromatic heterocycles. The fourth-order valence-corrected chi connectivity index (χ4v) is 3.55. The Kier molecular flexibility index (Phi) is 5.67. The van der Waals surface area contributed by atoms with E-state index in [2.05, 4.69) is 4.98 Å². The van der Waals surface area contributed by atoms with Crippen molar-refractivity contribution >= 4 is 29.1 Å². The van der Waals surface area contributed by atoms with E-state index >= 15 is 0 Å². The molecule has 1 saturated heterocycles. The predicted molar refractivity (Wildman–Crippen MR) is 115 cm³/mol. The number of amides is 1. The fourth-order valence-electron chi connectivity index (χ4n) is 3.55. The third-order valence-corrected chi connectivity index (χ3v) is 4.97. The molecule has 32 heavy (non-hydrogen) atoms. The summed E-state index contributed by atoms with van der Waals surface area (Å²) in [5.41, 5.74) is 1.31. The van der Waals surface area contributed by atoms with Gasteiger partial charge in [0.05, 0.1) is 11.6 Å². The number of pyridine rings is 1. The largest absolute Gasteiger partial charge is 0.507 e. The molecule has 1 aliphatic rings. The van der Waals surface area contributed by atoms with Gasteiger partial charge >= 0.3 is 5.97 Å². The van der Waals surface area contributed by atoms with Gasteiger partial charge < -0.3 is 14.9 Å². The topological polar surface area (TPSA) is 117 Å². The molecule has 2 N–H and O–H groups in total. The molecule has 8 heteroatoms. The second-order valence-electron chi connectivity index (χ2n) is 7.00. The van der Waals surface area contributed by atoms with Gasteiger partial charge in [0.1, 0.15) is 11.5 Å². The Hall–Kier alpha value is -4.46. The minimum absolute atomic E-state index is 0.0413. The SMILES string of the molecule is O=C(O)COc1ccc(N2C(=O)C(=O)/C(=C(\O)c3ccccc3)C2c2cccnc2)cc1. The third kappa shape index (κ3) is 3.93. The number of carboxylic acids is 1. The van der Waals surface area contributed by atoms with Crippen molar-refractivity contribution in [2.75, 3.05) is 11.5 Å². The van der Waals surface area contributed by atoms with E-state index in [0.717, 1.165) is 0 Å². The van der Waals surface area contributed by atoms with Crippen LogP contribution in [0.25, 0.3) is 5.76 Å². The van der Waals surface area contributed by atoms with E-state index in [-0.39, 0.29) is 11.3 Å². The van der Waals surface area contributed by atoms with Crippen LogP contribution in [0, 0.1) is 0 Å². The predicted octanol–water partition coefficient (Wildman–Crippen LogP) is 3.17. The number of aromatic nitrogens is 1. The zero-order valence-electron chi connectivity index (χ0n) is 16.7. The molecular weight excluding hydrogens is 412 g/mol. The highest BCUT2D eigenvalue weighted by molar-refractivity contribution is 6.51. The maximum atomic E-state index is 13.0. The van der Waals surface area contributed by atoms with Gasteiger partial charge in [-0.15, -0.1) is 0 Å². The Labute approximate surface area is 183 Å². The van der Waals surface area contributed by atoms with E-state index < -0.39 is 30.3 Å². The fraction of sp³-hybridized carbons (Fsp3) is 0.0833. The number of rotatable bonds is 6. The van der Waals surface area contributed by atoms with Crippen molar-refractivity contribution in [3.05, 3.63) is 95.8 Å². The summed E-state index contributed by atoms with van der Waals surface area (Å²) < 4.78 is 5.13. The molecule has 0 radical (unpaired) electrons. The average molecular weight is 430 g/mol. The van der Waals surface area contributed by atoms with Crippen LogP contribution in [0.3, 0.4) is 0 Å². The number of carbonyl (C=O) groups is 3. The van der Waals surface area contributed by atoms with E-state index in [0.29, 0.717) is 22.6 Å². The first-order valence-corrected chi connectivity index (χ1v) is 9.68. The molecule has 3 aromatic rings. The van der Waals surface area contributed by atoms with Gasteiger partial charge in [-0.2, -0.15) is 0 Å². The molecule has 1 fully saturated rings. The summed E-state index contributed by atoms with van der Waals surface area (Å²) in [6.07, 6.45) is 3.10. The number of ether oxygens (including phenoxy) is 1. The lowest BCUT2D eigenvalue weighted by molar-refractivity contribution is -0.139. The summed E-state index contributed by atoms with van der Waals surface area (Å²) in [7, 11) is 0. The van der Waals surface area contributed by atoms with Gasteiger partial charge in [0.15, 0.2) is 6.61 Å². The smallest absolute Gasteiger partial charge is 0.341 e. The van der Waals surface area contributed by atoms with Crippen molar-refractivity contribution in [3.63, 3.8) is 0 Å². The lowest BCUT2D eigenvalue weighted by Gasteiger charge is -2.25. The van der Waals surface area contributed by atoms with Crippen LogP contribution in [-0.2, 0) is 14.4 Å². The zero-order valence-corrected chi connectivity index (χ0v) is 16.7. The monoisotopic (exact) mass is 430 g/mol. The van der Waals surface area contributed by atoms with Crippen molar-refractivity contribution < 1.29 is 29.3 Å². The lowest BCUT2D eigenvalue weighted by Crippen LogP contribution is -2.29. The highest BCUT2D eigenvalue weighted by atomic mass is 16.5. The molecule has 2 aromatic carbocycles. The zero-order chi connectivity index (χ0) is 22.7. The molecule has 160 valence electrons. The van der Waals surface area contributed by atoms with Gasteiger partial charge in [-0.05, 0) is 35.9 Å². The standard InChI is InChI=1S/C24H18N2O6/c27-19(28)14-32-18-10-8-17(9-11-18)26-21(16-7-4-12-25-13-16)20(23(30)24(26)31)22(29)15-5-2-1-3-6-15/h1-13,21,29H,14H2,(H,27,28)/b22-20-. The number of nitrogens with zero attached hydrogens (tertiary/aromatic N) is 2. The number of Topliss-reactive ketones (excluding diaryl/α,β-unsaturated/α-hetero) is 1. The Balaban J connectivity index is 1.80. The van der Waals surface area contributed by atoms with Crippen LogP contribution in [0.15, 0.2) is 84.7 Å². The normalized spacial score (nSPS) is 17.4. The van der Waals surface area contributed by atoms with Gasteiger partial charge in [0, 0.05) is 23.6 Å². The molecule has 0 spiro atoms. The average Bonchev–Trinajstić information content (AvgIpc) is 3.09. The van der Waals surface area contributed by atoms with Crippen molar-refractivity contribution in [1.29, 1.82) is 0 Å². The molecule has 0 saturated carbocycles. The molecule has 2 heterocycles. The Morgan fingerprint density at radius 3 is 2.31 bits per heavy atom. The molecular formula is C24H18N2O6. The second kappa shape index (κ2) is 8.73. The van der Waals surface area contributed by atoms with Gasteiger partial charge in [0.25, 0.3) is 11.7 Å². The first-order valence-electron chi connectivity index (χ1n) is 9.68. The molecule has 1 unspecified atom stereocenters. The minimum Gasteiger partial charge on any atom is -0.507 e. The summed E-state index contributed by atoms with van der Waals surface area (Å²) in [5, 5.41) is 19.7. The number of hydrogen-bond acceptors (Lipinski definition) is 6. The van der Waals surface area contributed by atoms with Crippen molar-refractivity contribution in [2.45, 2.75) is 6.04 Å². The van der Waals surface area contributed by atoms with Crippen molar-refractivity contribution in [1.82, 2.24) is 4.98 Å². The number of aliphatic hydroxyl groups excluding tert-OH is 1. The van der Waals surface area contributed by atoms with Crippen molar-refractivity contribution in [2.24, 2.45) is 0 Å². The van der Waals surface area contributed by atoms with E-state index in [1.54, 1.807) is 60.8 Å². The number of carbonyl (C=O) groups excluding carboxylic acids is 2. The van der Waals surface area contributed by atoms with Gasteiger partial charge in [-0.1, -0.05) is 36.4 Å². The highest BCUT2D eigenvalue weighted by Crippen LogP contribution is 2.42. The number of benzene rings is 2. The van der Waals surface area contributed by atoms with Crippen LogP contribution in [-0.4, -0.2) is 39.5 Å². The van der Waals surface area contributed by atoms with Crippen LogP contribution < -0.4 is 9.64 Å². The van der Waals surface area contributed by atoms with E-state index in [4.69, 9.17) is 9.84 Å².